The van der Waals surface area contributed by atoms with Gasteiger partial charge in [-0.3, -0.25) is 4.79 Å². The minimum atomic E-state index is -1.57. The number of anilines is 3. The highest BCUT2D eigenvalue weighted by Crippen LogP contribution is 2.23. The number of carbonyl (C=O) groups excluding carboxylic acids is 1. The number of aromatic nitrogens is 2. The van der Waals surface area contributed by atoms with Crippen molar-refractivity contribution in [1.82, 2.24) is 10.2 Å². The van der Waals surface area contributed by atoms with E-state index in [1.54, 1.807) is 20.8 Å². The molecule has 0 saturated carbocycles. The Morgan fingerprint density at radius 3 is 2.13 bits per heavy atom. The molecule has 1 heterocycles. The topological polar surface area (TPSA) is 66.9 Å². The fourth-order valence-corrected chi connectivity index (χ4v) is 1.53. The fraction of sp³-hybridized carbons (Fsp3) is 0.267. The molecule has 0 aliphatic heterocycles. The van der Waals surface area contributed by atoms with Gasteiger partial charge in [0.05, 0.1) is 5.69 Å². The molecule has 0 fully saturated rings. The fourth-order valence-electron chi connectivity index (χ4n) is 1.53. The predicted octanol–water partition coefficient (Wildman–Crippen LogP) is 3.62. The third-order valence-corrected chi connectivity index (χ3v) is 2.89. The third kappa shape index (κ3) is 3.97. The number of carbonyl (C=O) groups is 1. The van der Waals surface area contributed by atoms with Gasteiger partial charge in [0.2, 0.25) is 5.91 Å². The highest BCUT2D eigenvalue weighted by molar-refractivity contribution is 5.93. The van der Waals surface area contributed by atoms with E-state index in [-0.39, 0.29) is 23.2 Å². The van der Waals surface area contributed by atoms with E-state index in [2.05, 4.69) is 20.8 Å². The van der Waals surface area contributed by atoms with Crippen LogP contribution in [0.1, 0.15) is 20.8 Å². The van der Waals surface area contributed by atoms with Crippen LogP contribution in [0.3, 0.4) is 0 Å². The van der Waals surface area contributed by atoms with Crippen LogP contribution in [0.2, 0.25) is 0 Å². The molecule has 2 aromatic rings. The SMILES string of the molecule is CC(C)(C)C(=O)Nc1ccc(Nc2ccc(F)c(F)c2F)nn1. The molecule has 0 atom stereocenters. The van der Waals surface area contributed by atoms with E-state index in [9.17, 15) is 18.0 Å². The Kier molecular flexibility index (Phi) is 4.53. The zero-order valence-corrected chi connectivity index (χ0v) is 12.7. The first-order valence-corrected chi connectivity index (χ1v) is 6.74. The Bertz CT molecular complexity index is 727. The number of amides is 1. The zero-order chi connectivity index (χ0) is 17.2. The van der Waals surface area contributed by atoms with Crippen LogP contribution in [-0.2, 0) is 4.79 Å². The molecule has 0 spiro atoms. The van der Waals surface area contributed by atoms with Crippen LogP contribution in [0.5, 0.6) is 0 Å². The first kappa shape index (κ1) is 16.7. The lowest BCUT2D eigenvalue weighted by Gasteiger charge is -2.16. The maximum atomic E-state index is 13.5. The Hall–Kier alpha value is -2.64. The second-order valence-corrected chi connectivity index (χ2v) is 5.86. The summed E-state index contributed by atoms with van der Waals surface area (Å²) in [6.07, 6.45) is 0. The molecule has 0 aliphatic rings. The van der Waals surface area contributed by atoms with Crippen molar-refractivity contribution in [1.29, 1.82) is 0 Å². The molecular weight excluding hydrogens is 309 g/mol. The summed E-state index contributed by atoms with van der Waals surface area (Å²) in [7, 11) is 0. The van der Waals surface area contributed by atoms with Crippen molar-refractivity contribution in [3.05, 3.63) is 41.7 Å². The second kappa shape index (κ2) is 6.23. The third-order valence-electron chi connectivity index (χ3n) is 2.89. The van der Waals surface area contributed by atoms with E-state index in [1.807, 2.05) is 0 Å². The highest BCUT2D eigenvalue weighted by atomic mass is 19.2. The van der Waals surface area contributed by atoms with Gasteiger partial charge in [-0.05, 0) is 24.3 Å². The summed E-state index contributed by atoms with van der Waals surface area (Å²) in [4.78, 5) is 11.8. The van der Waals surface area contributed by atoms with Crippen LogP contribution in [0.25, 0.3) is 0 Å². The van der Waals surface area contributed by atoms with E-state index >= 15 is 0 Å². The van der Waals surface area contributed by atoms with Gasteiger partial charge in [-0.1, -0.05) is 20.8 Å². The van der Waals surface area contributed by atoms with Crippen LogP contribution >= 0.6 is 0 Å². The zero-order valence-electron chi connectivity index (χ0n) is 12.7. The average Bonchev–Trinajstić information content (AvgIpc) is 2.49. The van der Waals surface area contributed by atoms with Crippen LogP contribution in [-0.4, -0.2) is 16.1 Å². The quantitative estimate of drug-likeness (QED) is 0.846. The molecule has 122 valence electrons. The summed E-state index contributed by atoms with van der Waals surface area (Å²) in [5.41, 5.74) is -0.863. The van der Waals surface area contributed by atoms with Crippen molar-refractivity contribution in [3.63, 3.8) is 0 Å². The van der Waals surface area contributed by atoms with Crippen molar-refractivity contribution in [2.75, 3.05) is 10.6 Å². The molecule has 23 heavy (non-hydrogen) atoms. The van der Waals surface area contributed by atoms with Crippen molar-refractivity contribution in [2.24, 2.45) is 5.41 Å². The van der Waals surface area contributed by atoms with Crippen molar-refractivity contribution in [2.45, 2.75) is 20.8 Å². The summed E-state index contributed by atoms with van der Waals surface area (Å²) in [6.45, 7) is 5.24. The van der Waals surface area contributed by atoms with Crippen LogP contribution < -0.4 is 10.6 Å². The van der Waals surface area contributed by atoms with E-state index in [0.717, 1.165) is 12.1 Å². The second-order valence-electron chi connectivity index (χ2n) is 5.86. The molecule has 1 aromatic carbocycles. The molecule has 1 aromatic heterocycles. The van der Waals surface area contributed by atoms with Gasteiger partial charge in [-0.25, -0.2) is 13.2 Å². The van der Waals surface area contributed by atoms with E-state index < -0.39 is 22.9 Å². The van der Waals surface area contributed by atoms with Gasteiger partial charge >= 0.3 is 0 Å². The van der Waals surface area contributed by atoms with Gasteiger partial charge in [0.1, 0.15) is 0 Å². The number of nitrogens with one attached hydrogen (secondary N) is 2. The molecule has 8 heteroatoms. The maximum absolute atomic E-state index is 13.5. The molecule has 0 saturated heterocycles. The molecule has 0 aliphatic carbocycles. The minimum absolute atomic E-state index is 0.115. The Labute approximate surface area is 130 Å². The first-order chi connectivity index (χ1) is 10.7. The van der Waals surface area contributed by atoms with Crippen LogP contribution in [0.4, 0.5) is 30.5 Å². The Morgan fingerprint density at radius 1 is 0.957 bits per heavy atom. The molecule has 0 bridgehead atoms. The van der Waals surface area contributed by atoms with E-state index in [0.29, 0.717) is 0 Å². The van der Waals surface area contributed by atoms with E-state index in [4.69, 9.17) is 0 Å². The Balaban J connectivity index is 2.12. The molecule has 5 nitrogen and oxygen atoms in total. The standard InChI is InChI=1S/C15H15F3N4O/c1-15(2,3)14(23)20-11-7-6-10(21-22-11)19-9-5-4-8(16)12(17)13(9)18/h4-7H,1-3H3,(H,19,21)(H,20,22,23). The monoisotopic (exact) mass is 324 g/mol. The summed E-state index contributed by atoms with van der Waals surface area (Å²) >= 11 is 0. The first-order valence-electron chi connectivity index (χ1n) is 6.74. The normalized spacial score (nSPS) is 11.2. The predicted molar refractivity (Wildman–Crippen MR) is 79.7 cm³/mol. The maximum Gasteiger partial charge on any atom is 0.230 e. The molecule has 2 rings (SSSR count). The molecule has 1 amide bonds. The molecule has 2 N–H and O–H groups in total. The van der Waals surface area contributed by atoms with Crippen molar-refractivity contribution in [3.8, 4) is 0 Å². The van der Waals surface area contributed by atoms with Gasteiger partial charge in [-0.15, -0.1) is 10.2 Å². The van der Waals surface area contributed by atoms with Crippen molar-refractivity contribution >= 4 is 23.2 Å². The average molecular weight is 324 g/mol. The summed E-state index contributed by atoms with van der Waals surface area (Å²) in [5.74, 6) is -4.10. The van der Waals surface area contributed by atoms with Gasteiger partial charge in [0, 0.05) is 5.41 Å². The lowest BCUT2D eigenvalue weighted by Crippen LogP contribution is -2.28. The number of hydrogen-bond donors (Lipinski definition) is 2. The van der Waals surface area contributed by atoms with Crippen LogP contribution in [0.15, 0.2) is 24.3 Å². The lowest BCUT2D eigenvalue weighted by atomic mass is 9.96. The van der Waals surface area contributed by atoms with Crippen LogP contribution in [0, 0.1) is 22.9 Å². The van der Waals surface area contributed by atoms with Gasteiger partial charge < -0.3 is 10.6 Å². The number of rotatable bonds is 3. The number of halogens is 3. The molecule has 0 radical (unpaired) electrons. The number of nitrogens with zero attached hydrogens (tertiary/aromatic N) is 2. The van der Waals surface area contributed by atoms with Gasteiger partial charge in [0.15, 0.2) is 29.1 Å². The summed E-state index contributed by atoms with van der Waals surface area (Å²) in [5, 5.41) is 12.6. The largest absolute Gasteiger partial charge is 0.336 e. The molecular formula is C15H15F3N4O. The number of hydrogen-bond acceptors (Lipinski definition) is 4. The summed E-state index contributed by atoms with van der Waals surface area (Å²) < 4.78 is 39.5. The lowest BCUT2D eigenvalue weighted by molar-refractivity contribution is -0.123. The van der Waals surface area contributed by atoms with Gasteiger partial charge in [0.25, 0.3) is 0 Å². The Morgan fingerprint density at radius 2 is 1.57 bits per heavy atom. The highest BCUT2D eigenvalue weighted by Gasteiger charge is 2.21. The minimum Gasteiger partial charge on any atom is -0.336 e. The summed E-state index contributed by atoms with van der Waals surface area (Å²) in [6, 6.07) is 4.72. The van der Waals surface area contributed by atoms with Gasteiger partial charge in [-0.2, -0.15) is 0 Å². The van der Waals surface area contributed by atoms with Crippen molar-refractivity contribution < 1.29 is 18.0 Å². The molecule has 0 unspecified atom stereocenters. The van der Waals surface area contributed by atoms with E-state index in [1.165, 1.54) is 12.1 Å². The number of benzene rings is 1. The smallest absolute Gasteiger partial charge is 0.230 e.